The van der Waals surface area contributed by atoms with E-state index in [4.69, 9.17) is 26.9 Å². The summed E-state index contributed by atoms with van der Waals surface area (Å²) in [4.78, 5) is 12.0. The molecular weight excluding hydrogens is 829 g/mol. The third-order valence-electron chi connectivity index (χ3n) is 13.0. The van der Waals surface area contributed by atoms with Gasteiger partial charge in [0.05, 0.1) is 23.2 Å². The predicted molar refractivity (Wildman–Crippen MR) is 257 cm³/mol. The fraction of sp³-hybridized carbons (Fsp3) is 0.844. The molecule has 0 aromatic heterocycles. The molecule has 1 aromatic rings. The van der Waals surface area contributed by atoms with Gasteiger partial charge in [-0.3, -0.25) is 4.18 Å². The minimum Gasteiger partial charge on any atom is -0.417 e. The lowest BCUT2D eigenvalue weighted by atomic mass is 9.97. The maximum absolute atomic E-state index is 14.1. The Balaban J connectivity index is 3.69. The Morgan fingerprint density at radius 1 is 0.610 bits per heavy atom. The molecule has 346 valence electrons. The molecule has 0 N–H and O–H groups in total. The number of aryl methyl sites for hydroxylation is 1. The molecule has 9 nitrogen and oxygen atoms in total. The van der Waals surface area contributed by atoms with E-state index >= 15 is 0 Å². The zero-order chi connectivity index (χ0) is 45.7. The molecule has 4 atom stereocenters. The minimum absolute atomic E-state index is 0.0500. The third-order valence-corrected chi connectivity index (χ3v) is 29.6. The van der Waals surface area contributed by atoms with Crippen molar-refractivity contribution in [2.24, 2.45) is 0 Å². The van der Waals surface area contributed by atoms with Gasteiger partial charge in [-0.15, -0.1) is 0 Å². The molecule has 0 heterocycles. The number of hydrogen-bond acceptors (Lipinski definition) is 9. The standard InChI is InChI=1S/C45H90O9SSi4/c1-37-26-28-38(29-27-37)55(47,48)52-40(39(50-36-49-34-35-56(11,12)13)24-21-20-22-33-51-57(14,15)43(2,3)4)30-31-42(54-59(18,19)45(8,9)10)41(25-23-32-46)53-58(16,17)44(5,6)7/h26-29,32,39-42H,20-25,30-31,33-36H2,1-19H3/t39-,40+,41-,42-/m0/s1. The van der Waals surface area contributed by atoms with Gasteiger partial charge in [-0.1, -0.05) is 112 Å². The van der Waals surface area contributed by atoms with Crippen molar-refractivity contribution >= 4 is 49.4 Å². The summed E-state index contributed by atoms with van der Waals surface area (Å²) in [6.07, 6.45) is 3.72. The molecule has 0 amide bonds. The molecule has 0 bridgehead atoms. The summed E-state index contributed by atoms with van der Waals surface area (Å²) in [7, 11) is -12.0. The fourth-order valence-electron chi connectivity index (χ4n) is 5.65. The van der Waals surface area contributed by atoms with Gasteiger partial charge in [-0.05, 0) is 112 Å². The highest BCUT2D eigenvalue weighted by Crippen LogP contribution is 2.42. The van der Waals surface area contributed by atoms with Gasteiger partial charge in [0.1, 0.15) is 19.2 Å². The number of ether oxygens (including phenoxy) is 2. The van der Waals surface area contributed by atoms with Crippen molar-refractivity contribution in [1.82, 2.24) is 0 Å². The van der Waals surface area contributed by atoms with Gasteiger partial charge in [-0.2, -0.15) is 8.42 Å². The highest BCUT2D eigenvalue weighted by Gasteiger charge is 2.45. The largest absolute Gasteiger partial charge is 0.417 e. The molecule has 0 aliphatic heterocycles. The average molecular weight is 920 g/mol. The average Bonchev–Trinajstić information content (AvgIpc) is 3.06. The van der Waals surface area contributed by atoms with Crippen LogP contribution in [0.3, 0.4) is 0 Å². The minimum atomic E-state index is -4.17. The number of hydrogen-bond donors (Lipinski definition) is 0. The van der Waals surface area contributed by atoms with Gasteiger partial charge in [0, 0.05) is 27.7 Å². The molecule has 0 aliphatic rings. The molecule has 0 aliphatic carbocycles. The summed E-state index contributed by atoms with van der Waals surface area (Å²) in [6, 6.07) is 7.78. The van der Waals surface area contributed by atoms with Crippen LogP contribution in [0.5, 0.6) is 0 Å². The Hall–Kier alpha value is -0.532. The topological polar surface area (TPSA) is 107 Å². The highest BCUT2D eigenvalue weighted by molar-refractivity contribution is 7.86. The van der Waals surface area contributed by atoms with E-state index in [1.54, 1.807) is 24.3 Å². The molecular formula is C45H90O9SSi4. The van der Waals surface area contributed by atoms with E-state index in [1.807, 2.05) is 6.92 Å². The second kappa shape index (κ2) is 23.4. The second-order valence-electron chi connectivity index (χ2n) is 22.6. The van der Waals surface area contributed by atoms with E-state index in [2.05, 4.69) is 121 Å². The summed E-state index contributed by atoms with van der Waals surface area (Å²) in [5.41, 5.74) is 0.962. The number of carbonyl (C=O) groups is 1. The van der Waals surface area contributed by atoms with Crippen molar-refractivity contribution in [2.45, 2.75) is 230 Å². The molecule has 1 rings (SSSR count). The molecule has 0 fully saturated rings. The van der Waals surface area contributed by atoms with Gasteiger partial charge >= 0.3 is 0 Å². The number of unbranched alkanes of at least 4 members (excludes halogenated alkanes) is 2. The van der Waals surface area contributed by atoms with E-state index in [0.717, 1.165) is 37.2 Å². The Morgan fingerprint density at radius 3 is 1.58 bits per heavy atom. The zero-order valence-electron chi connectivity index (χ0n) is 41.3. The van der Waals surface area contributed by atoms with Gasteiger partial charge in [0.25, 0.3) is 10.1 Å². The molecule has 59 heavy (non-hydrogen) atoms. The maximum Gasteiger partial charge on any atom is 0.297 e. The maximum atomic E-state index is 14.1. The lowest BCUT2D eigenvalue weighted by Gasteiger charge is -2.45. The second-order valence-corrected chi connectivity index (χ2v) is 44.1. The summed E-state index contributed by atoms with van der Waals surface area (Å²) in [5, 5.41) is -0.00971. The smallest absolute Gasteiger partial charge is 0.297 e. The first kappa shape index (κ1) is 56.5. The van der Waals surface area contributed by atoms with Crippen LogP contribution in [0.2, 0.25) is 80.1 Å². The van der Waals surface area contributed by atoms with Gasteiger partial charge < -0.3 is 27.5 Å². The van der Waals surface area contributed by atoms with Crippen molar-refractivity contribution in [3.05, 3.63) is 29.8 Å². The first-order chi connectivity index (χ1) is 26.7. The first-order valence-electron chi connectivity index (χ1n) is 22.3. The lowest BCUT2D eigenvalue weighted by Crippen LogP contribution is -2.52. The van der Waals surface area contributed by atoms with Crippen LogP contribution in [-0.4, -0.2) is 92.2 Å². The van der Waals surface area contributed by atoms with Crippen molar-refractivity contribution in [3.8, 4) is 0 Å². The molecule has 0 saturated heterocycles. The summed E-state index contributed by atoms with van der Waals surface area (Å²) in [6.45, 7) is 43.7. The van der Waals surface area contributed by atoms with Gasteiger partial charge in [-0.25, -0.2) is 0 Å². The van der Waals surface area contributed by atoms with Crippen molar-refractivity contribution in [1.29, 1.82) is 0 Å². The quantitative estimate of drug-likeness (QED) is 0.0267. The normalized spacial score (nSPS) is 16.2. The van der Waals surface area contributed by atoms with E-state index < -0.39 is 55.4 Å². The van der Waals surface area contributed by atoms with Crippen LogP contribution in [0.25, 0.3) is 0 Å². The Labute approximate surface area is 367 Å². The van der Waals surface area contributed by atoms with Crippen LogP contribution in [0.4, 0.5) is 0 Å². The van der Waals surface area contributed by atoms with Crippen LogP contribution < -0.4 is 0 Å². The third kappa shape index (κ3) is 20.2. The van der Waals surface area contributed by atoms with E-state index in [0.29, 0.717) is 45.3 Å². The Kier molecular flexibility index (Phi) is 22.4. The van der Waals surface area contributed by atoms with Crippen LogP contribution in [0, 0.1) is 6.92 Å². The van der Waals surface area contributed by atoms with E-state index in [-0.39, 0.29) is 39.0 Å². The van der Waals surface area contributed by atoms with Crippen LogP contribution >= 0.6 is 0 Å². The van der Waals surface area contributed by atoms with Crippen molar-refractivity contribution in [3.63, 3.8) is 0 Å². The Bertz CT molecular complexity index is 1470. The van der Waals surface area contributed by atoms with Gasteiger partial charge in [0.2, 0.25) is 0 Å². The molecule has 0 saturated carbocycles. The fourth-order valence-corrected chi connectivity index (χ4v) is 11.4. The highest BCUT2D eigenvalue weighted by atomic mass is 32.2. The van der Waals surface area contributed by atoms with E-state index in [1.165, 1.54) is 0 Å². The lowest BCUT2D eigenvalue weighted by molar-refractivity contribution is -0.122. The summed E-state index contributed by atoms with van der Waals surface area (Å²) in [5.74, 6) is 0. The first-order valence-corrected chi connectivity index (χ1v) is 36.1. The molecule has 0 radical (unpaired) electrons. The predicted octanol–water partition coefficient (Wildman–Crippen LogP) is 12.9. The molecule has 1 aromatic carbocycles. The van der Waals surface area contributed by atoms with Crippen molar-refractivity contribution in [2.75, 3.05) is 20.0 Å². The summed E-state index contributed by atoms with van der Waals surface area (Å²) < 4.78 is 68.0. The van der Waals surface area contributed by atoms with Crippen LogP contribution in [0.1, 0.15) is 119 Å². The molecule has 0 spiro atoms. The van der Waals surface area contributed by atoms with Crippen LogP contribution in [-0.2, 0) is 41.8 Å². The zero-order valence-corrected chi connectivity index (χ0v) is 46.1. The number of aldehydes is 1. The van der Waals surface area contributed by atoms with E-state index in [9.17, 15) is 13.2 Å². The monoisotopic (exact) mass is 919 g/mol. The molecule has 0 unspecified atom stereocenters. The Morgan fingerprint density at radius 2 is 1.10 bits per heavy atom. The SMILES string of the molecule is Cc1ccc(S(=O)(=O)O[C@H](CC[C@H](O[Si](C)(C)C(C)(C)C)[C@H](CCC=O)O[Si](C)(C)C(C)(C)C)[C@H](CCCCCO[Si](C)(C)C(C)(C)C)OCOCC[Si](C)(C)C)cc1. The number of rotatable bonds is 28. The van der Waals surface area contributed by atoms with Gasteiger partial charge in [0.15, 0.2) is 25.0 Å². The number of carbonyl (C=O) groups excluding carboxylic acids is 1. The number of benzene rings is 1. The molecule has 14 heteroatoms. The summed E-state index contributed by atoms with van der Waals surface area (Å²) >= 11 is 0. The van der Waals surface area contributed by atoms with Crippen molar-refractivity contribution < 1.29 is 40.1 Å². The van der Waals surface area contributed by atoms with Crippen LogP contribution in [0.15, 0.2) is 29.2 Å².